The minimum absolute atomic E-state index is 0.0587. The van der Waals surface area contributed by atoms with Crippen molar-refractivity contribution in [3.05, 3.63) is 35.9 Å². The summed E-state index contributed by atoms with van der Waals surface area (Å²) in [5, 5.41) is 1.18. The van der Waals surface area contributed by atoms with Crippen molar-refractivity contribution >= 4 is 17.8 Å². The van der Waals surface area contributed by atoms with Crippen LogP contribution in [0.1, 0.15) is 56.3 Å². The van der Waals surface area contributed by atoms with Crippen molar-refractivity contribution in [3.63, 3.8) is 0 Å². The Kier molecular flexibility index (Phi) is 4.30. The number of nitrogens with zero attached hydrogens (tertiary/aromatic N) is 2. The topological polar surface area (TPSA) is 69.7 Å². The van der Waals surface area contributed by atoms with Crippen molar-refractivity contribution in [3.8, 4) is 0 Å². The van der Waals surface area contributed by atoms with Gasteiger partial charge in [-0.1, -0.05) is 37.5 Å². The summed E-state index contributed by atoms with van der Waals surface area (Å²) in [5.41, 5.74) is 1.98. The van der Waals surface area contributed by atoms with E-state index in [0.717, 1.165) is 32.1 Å². The summed E-state index contributed by atoms with van der Waals surface area (Å²) in [7, 11) is 0. The molecule has 0 atom stereocenters. The maximum atomic E-state index is 12.8. The predicted molar refractivity (Wildman–Crippen MR) is 88.9 cm³/mol. The Labute approximate surface area is 141 Å². The number of hydrogen-bond donors (Lipinski definition) is 1. The van der Waals surface area contributed by atoms with Crippen molar-refractivity contribution in [1.29, 1.82) is 0 Å². The van der Waals surface area contributed by atoms with Crippen LogP contribution < -0.4 is 5.43 Å². The Morgan fingerprint density at radius 3 is 2.33 bits per heavy atom. The number of urea groups is 1. The number of amides is 4. The number of hydrogen-bond acceptors (Lipinski definition) is 3. The summed E-state index contributed by atoms with van der Waals surface area (Å²) in [6.45, 7) is 3.34. The lowest BCUT2D eigenvalue weighted by Gasteiger charge is -2.29. The normalized spacial score (nSPS) is 21.2. The maximum absolute atomic E-state index is 12.8. The van der Waals surface area contributed by atoms with Crippen LogP contribution in [0.5, 0.6) is 0 Å². The molecule has 1 heterocycles. The number of nitrogens with one attached hydrogen (secondary N) is 1. The van der Waals surface area contributed by atoms with E-state index in [1.54, 1.807) is 38.1 Å². The molecule has 1 aromatic carbocycles. The molecule has 2 aliphatic rings. The molecule has 128 valence electrons. The minimum atomic E-state index is -1.08. The predicted octanol–water partition coefficient (Wildman–Crippen LogP) is 2.71. The average Bonchev–Trinajstić information content (AvgIpc) is 2.76. The van der Waals surface area contributed by atoms with Gasteiger partial charge in [0.15, 0.2) is 0 Å². The van der Waals surface area contributed by atoms with Gasteiger partial charge >= 0.3 is 6.03 Å². The molecule has 24 heavy (non-hydrogen) atoms. The highest BCUT2D eigenvalue weighted by atomic mass is 16.2. The first-order chi connectivity index (χ1) is 11.4. The summed E-state index contributed by atoms with van der Waals surface area (Å²) in [6, 6.07) is 8.18. The van der Waals surface area contributed by atoms with Gasteiger partial charge in [-0.25, -0.2) is 9.80 Å². The first-order valence-electron chi connectivity index (χ1n) is 8.47. The van der Waals surface area contributed by atoms with E-state index in [1.807, 2.05) is 6.07 Å². The van der Waals surface area contributed by atoms with Gasteiger partial charge in [-0.15, -0.1) is 0 Å². The van der Waals surface area contributed by atoms with Crippen molar-refractivity contribution in [2.75, 3.05) is 0 Å². The molecule has 6 nitrogen and oxygen atoms in total. The van der Waals surface area contributed by atoms with Crippen LogP contribution in [-0.2, 0) is 4.79 Å². The second-order valence-electron chi connectivity index (χ2n) is 6.95. The number of hydrazine groups is 1. The van der Waals surface area contributed by atoms with Gasteiger partial charge in [0.2, 0.25) is 0 Å². The van der Waals surface area contributed by atoms with Crippen molar-refractivity contribution in [1.82, 2.24) is 15.3 Å². The molecule has 2 fully saturated rings. The molecule has 6 heteroatoms. The number of carbonyl (C=O) groups excluding carboxylic acids is 3. The Hall–Kier alpha value is -2.37. The van der Waals surface area contributed by atoms with Crippen LogP contribution in [0.4, 0.5) is 4.79 Å². The Morgan fingerprint density at radius 1 is 1.08 bits per heavy atom. The molecule has 0 unspecified atom stereocenters. The lowest BCUT2D eigenvalue weighted by atomic mass is 9.93. The van der Waals surface area contributed by atoms with Crippen LogP contribution in [0.15, 0.2) is 30.3 Å². The van der Waals surface area contributed by atoms with Crippen molar-refractivity contribution < 1.29 is 14.4 Å². The second kappa shape index (κ2) is 6.26. The van der Waals surface area contributed by atoms with E-state index in [-0.39, 0.29) is 11.9 Å². The van der Waals surface area contributed by atoms with Gasteiger partial charge in [0.1, 0.15) is 5.54 Å². The summed E-state index contributed by atoms with van der Waals surface area (Å²) < 4.78 is 0. The smallest absolute Gasteiger partial charge is 0.272 e. The van der Waals surface area contributed by atoms with Crippen molar-refractivity contribution in [2.24, 2.45) is 0 Å². The highest BCUT2D eigenvalue weighted by Gasteiger charge is 2.54. The third-order valence-electron chi connectivity index (χ3n) is 4.89. The standard InChI is InChI=1S/C18H23N3O3/c1-18(2)16(23)20(14-11-7-4-8-12-14)17(24)21(18)19-15(22)13-9-5-3-6-10-13/h3,5-6,9-10,14H,4,7-8,11-12H2,1-2H3,(H,19,22). The van der Waals surface area contributed by atoms with Gasteiger partial charge in [-0.3, -0.25) is 19.9 Å². The van der Waals surface area contributed by atoms with Crippen LogP contribution in [0.25, 0.3) is 0 Å². The molecule has 1 aromatic rings. The third-order valence-corrected chi connectivity index (χ3v) is 4.89. The SMILES string of the molecule is CC1(C)C(=O)N(C2CCCCC2)C(=O)N1NC(=O)c1ccccc1. The van der Waals surface area contributed by atoms with Gasteiger partial charge in [0.05, 0.1) is 0 Å². The zero-order chi connectivity index (χ0) is 17.3. The molecule has 1 aliphatic carbocycles. The highest BCUT2D eigenvalue weighted by Crippen LogP contribution is 2.32. The van der Waals surface area contributed by atoms with Gasteiger partial charge in [0.25, 0.3) is 11.8 Å². The fraction of sp³-hybridized carbons (Fsp3) is 0.500. The van der Waals surface area contributed by atoms with Gasteiger partial charge in [0, 0.05) is 11.6 Å². The van der Waals surface area contributed by atoms with E-state index in [2.05, 4.69) is 5.43 Å². The molecule has 1 saturated carbocycles. The fourth-order valence-corrected chi connectivity index (χ4v) is 3.43. The number of imide groups is 1. The summed E-state index contributed by atoms with van der Waals surface area (Å²) in [6.07, 6.45) is 4.88. The monoisotopic (exact) mass is 329 g/mol. The maximum Gasteiger partial charge on any atom is 0.346 e. The van der Waals surface area contributed by atoms with E-state index in [4.69, 9.17) is 0 Å². The number of benzene rings is 1. The lowest BCUT2D eigenvalue weighted by Crippen LogP contribution is -2.54. The molecular formula is C18H23N3O3. The molecule has 0 radical (unpaired) electrons. The minimum Gasteiger partial charge on any atom is -0.272 e. The number of carbonyl (C=O) groups is 3. The van der Waals surface area contributed by atoms with Gasteiger partial charge < -0.3 is 0 Å². The van der Waals surface area contributed by atoms with Crippen LogP contribution >= 0.6 is 0 Å². The van der Waals surface area contributed by atoms with Gasteiger partial charge in [-0.05, 0) is 38.8 Å². The molecule has 0 bridgehead atoms. The molecule has 1 N–H and O–H groups in total. The van der Waals surface area contributed by atoms with Crippen LogP contribution in [0.2, 0.25) is 0 Å². The highest BCUT2D eigenvalue weighted by molar-refractivity contribution is 6.08. The summed E-state index contributed by atoms with van der Waals surface area (Å²) in [5.74, 6) is -0.636. The van der Waals surface area contributed by atoms with Crippen LogP contribution in [-0.4, -0.2) is 39.3 Å². The molecule has 4 amide bonds. The Morgan fingerprint density at radius 2 is 1.71 bits per heavy atom. The van der Waals surface area contributed by atoms with Crippen LogP contribution in [0, 0.1) is 0 Å². The van der Waals surface area contributed by atoms with Crippen LogP contribution in [0.3, 0.4) is 0 Å². The average molecular weight is 329 g/mol. The molecule has 3 rings (SSSR count). The largest absolute Gasteiger partial charge is 0.346 e. The van der Waals surface area contributed by atoms with E-state index < -0.39 is 17.5 Å². The molecule has 1 saturated heterocycles. The quantitative estimate of drug-likeness (QED) is 0.867. The number of rotatable bonds is 3. The Bertz CT molecular complexity index is 651. The van der Waals surface area contributed by atoms with Crippen molar-refractivity contribution in [2.45, 2.75) is 57.5 Å². The first kappa shape index (κ1) is 16.5. The fourth-order valence-electron chi connectivity index (χ4n) is 3.43. The lowest BCUT2D eigenvalue weighted by molar-refractivity contribution is -0.134. The Balaban J connectivity index is 1.81. The van der Waals surface area contributed by atoms with E-state index in [0.29, 0.717) is 5.56 Å². The molecule has 0 spiro atoms. The van der Waals surface area contributed by atoms with E-state index in [1.165, 1.54) is 9.91 Å². The van der Waals surface area contributed by atoms with E-state index in [9.17, 15) is 14.4 Å². The van der Waals surface area contributed by atoms with Gasteiger partial charge in [-0.2, -0.15) is 0 Å². The summed E-state index contributed by atoms with van der Waals surface area (Å²) >= 11 is 0. The second-order valence-corrected chi connectivity index (χ2v) is 6.95. The van der Waals surface area contributed by atoms with E-state index >= 15 is 0 Å². The summed E-state index contributed by atoms with van der Waals surface area (Å²) in [4.78, 5) is 39.3. The molecule has 0 aromatic heterocycles. The first-order valence-corrected chi connectivity index (χ1v) is 8.47. The third kappa shape index (κ3) is 2.77. The molecular weight excluding hydrogens is 306 g/mol. The zero-order valence-electron chi connectivity index (χ0n) is 14.1. The molecule has 1 aliphatic heterocycles. The zero-order valence-corrected chi connectivity index (χ0v) is 14.1.